The minimum atomic E-state index is -1.23. The molecule has 20 heavy (non-hydrogen) atoms. The topological polar surface area (TPSA) is 110 Å². The molecule has 0 bridgehead atoms. The Morgan fingerprint density at radius 1 is 1.40 bits per heavy atom. The molecule has 1 heterocycles. The maximum atomic E-state index is 11.8. The van der Waals surface area contributed by atoms with Crippen molar-refractivity contribution in [2.75, 3.05) is 11.1 Å². The van der Waals surface area contributed by atoms with E-state index in [1.807, 2.05) is 6.07 Å². The molecule has 0 fully saturated rings. The number of nitrogens with two attached hydrogens (primary N) is 1. The number of rotatable bonds is 4. The van der Waals surface area contributed by atoms with Crippen molar-refractivity contribution in [1.29, 1.82) is 0 Å². The number of amides is 1. The number of nitrogen functional groups attached to an aromatic ring is 1. The van der Waals surface area contributed by atoms with Crippen LogP contribution in [0.2, 0.25) is 0 Å². The number of carboxylic acids is 1. The Hall–Kier alpha value is -2.35. The Bertz CT molecular complexity index is 668. The summed E-state index contributed by atoms with van der Waals surface area (Å²) in [5.41, 5.74) is 5.87. The fraction of sp³-hybridized carbons (Fsp3) is 0.0833. The monoisotopic (exact) mass is 338 g/mol. The van der Waals surface area contributed by atoms with E-state index in [4.69, 9.17) is 10.8 Å². The summed E-state index contributed by atoms with van der Waals surface area (Å²) in [4.78, 5) is 22.6. The summed E-state index contributed by atoms with van der Waals surface area (Å²) < 4.78 is 1.94. The van der Waals surface area contributed by atoms with Gasteiger partial charge in [0.25, 0.3) is 0 Å². The molecule has 0 saturated heterocycles. The largest absolute Gasteiger partial charge is 0.476 e. The van der Waals surface area contributed by atoms with Gasteiger partial charge in [-0.25, -0.2) is 4.79 Å². The lowest BCUT2D eigenvalue weighted by Gasteiger charge is -2.06. The minimum absolute atomic E-state index is 0.0196. The van der Waals surface area contributed by atoms with Crippen LogP contribution in [-0.2, 0) is 11.3 Å². The maximum absolute atomic E-state index is 11.8. The minimum Gasteiger partial charge on any atom is -0.476 e. The van der Waals surface area contributed by atoms with Gasteiger partial charge in [0.1, 0.15) is 6.54 Å². The number of nitrogens with one attached hydrogen (secondary N) is 1. The Morgan fingerprint density at radius 3 is 2.70 bits per heavy atom. The highest BCUT2D eigenvalue weighted by Crippen LogP contribution is 2.21. The number of carbonyl (C=O) groups is 2. The third-order valence-electron chi connectivity index (χ3n) is 2.45. The van der Waals surface area contributed by atoms with Crippen LogP contribution < -0.4 is 11.1 Å². The first-order valence-electron chi connectivity index (χ1n) is 5.58. The van der Waals surface area contributed by atoms with Crippen molar-refractivity contribution < 1.29 is 14.7 Å². The summed E-state index contributed by atoms with van der Waals surface area (Å²) in [5, 5.41) is 15.2. The Labute approximate surface area is 122 Å². The molecule has 2 aromatic rings. The maximum Gasteiger partial charge on any atom is 0.358 e. The third-order valence-corrected chi connectivity index (χ3v) is 3.14. The van der Waals surface area contributed by atoms with Gasteiger partial charge in [-0.15, -0.1) is 0 Å². The summed E-state index contributed by atoms with van der Waals surface area (Å²) in [6.45, 7) is -0.126. The highest BCUT2D eigenvalue weighted by atomic mass is 79.9. The van der Waals surface area contributed by atoms with Gasteiger partial charge in [-0.2, -0.15) is 5.10 Å². The molecule has 1 aromatic heterocycles. The van der Waals surface area contributed by atoms with Crippen LogP contribution in [0.25, 0.3) is 0 Å². The van der Waals surface area contributed by atoms with Crippen LogP contribution in [0.3, 0.4) is 0 Å². The number of aromatic nitrogens is 2. The van der Waals surface area contributed by atoms with E-state index in [0.29, 0.717) is 5.69 Å². The summed E-state index contributed by atoms with van der Waals surface area (Å²) in [5.74, 6) is -1.57. The molecule has 0 saturated carbocycles. The molecule has 8 heteroatoms. The van der Waals surface area contributed by atoms with E-state index >= 15 is 0 Å². The SMILES string of the molecule is Nc1cn(CC(=O)Nc2ccccc2Br)nc1C(=O)O. The quantitative estimate of drug-likeness (QED) is 0.783. The van der Waals surface area contributed by atoms with E-state index in [2.05, 4.69) is 26.3 Å². The number of para-hydroxylation sites is 1. The summed E-state index contributed by atoms with van der Waals surface area (Å²) in [6.07, 6.45) is 1.31. The zero-order chi connectivity index (χ0) is 14.7. The lowest BCUT2D eigenvalue weighted by molar-refractivity contribution is -0.116. The predicted molar refractivity (Wildman–Crippen MR) is 76.4 cm³/mol. The van der Waals surface area contributed by atoms with Crippen LogP contribution >= 0.6 is 15.9 Å². The number of aromatic carboxylic acids is 1. The first kappa shape index (κ1) is 14.1. The molecule has 0 aliphatic rings. The van der Waals surface area contributed by atoms with Gasteiger partial charge in [0.15, 0.2) is 5.69 Å². The normalized spacial score (nSPS) is 10.2. The molecule has 0 aliphatic heterocycles. The highest BCUT2D eigenvalue weighted by molar-refractivity contribution is 9.10. The average Bonchev–Trinajstić information content (AvgIpc) is 2.73. The van der Waals surface area contributed by atoms with Crippen molar-refractivity contribution in [3.05, 3.63) is 40.6 Å². The molecule has 1 aromatic carbocycles. The summed E-state index contributed by atoms with van der Waals surface area (Å²) in [7, 11) is 0. The predicted octanol–water partition coefficient (Wildman–Crippen LogP) is 1.56. The first-order chi connectivity index (χ1) is 9.47. The van der Waals surface area contributed by atoms with Crippen LogP contribution in [0.5, 0.6) is 0 Å². The number of hydrogen-bond donors (Lipinski definition) is 3. The second kappa shape index (κ2) is 5.74. The molecular formula is C12H11BrN4O3. The summed E-state index contributed by atoms with van der Waals surface area (Å²) >= 11 is 3.31. The fourth-order valence-electron chi connectivity index (χ4n) is 1.58. The van der Waals surface area contributed by atoms with Crippen LogP contribution in [-0.4, -0.2) is 26.8 Å². The van der Waals surface area contributed by atoms with Gasteiger partial charge < -0.3 is 16.2 Å². The number of carboxylic acid groups (broad SMARTS) is 1. The van der Waals surface area contributed by atoms with Gasteiger partial charge in [-0.1, -0.05) is 12.1 Å². The van der Waals surface area contributed by atoms with Gasteiger partial charge in [0, 0.05) is 10.7 Å². The van der Waals surface area contributed by atoms with Crippen LogP contribution in [0.4, 0.5) is 11.4 Å². The molecule has 7 nitrogen and oxygen atoms in total. The van der Waals surface area contributed by atoms with Gasteiger partial charge in [0.2, 0.25) is 5.91 Å². The summed E-state index contributed by atoms with van der Waals surface area (Å²) in [6, 6.07) is 7.15. The second-order valence-electron chi connectivity index (χ2n) is 3.96. The van der Waals surface area contributed by atoms with E-state index in [1.165, 1.54) is 10.9 Å². The molecule has 0 spiro atoms. The van der Waals surface area contributed by atoms with Crippen molar-refractivity contribution in [1.82, 2.24) is 9.78 Å². The number of benzene rings is 1. The fourth-order valence-corrected chi connectivity index (χ4v) is 1.97. The van der Waals surface area contributed by atoms with Crippen LogP contribution in [0.15, 0.2) is 34.9 Å². The van der Waals surface area contributed by atoms with Gasteiger partial charge in [-0.05, 0) is 28.1 Å². The van der Waals surface area contributed by atoms with Crippen molar-refractivity contribution in [3.63, 3.8) is 0 Å². The number of hydrogen-bond acceptors (Lipinski definition) is 4. The van der Waals surface area contributed by atoms with E-state index in [-0.39, 0.29) is 23.8 Å². The van der Waals surface area contributed by atoms with E-state index in [0.717, 1.165) is 4.47 Å². The smallest absolute Gasteiger partial charge is 0.358 e. The Balaban J connectivity index is 2.07. The molecule has 4 N–H and O–H groups in total. The van der Waals surface area contributed by atoms with Crippen molar-refractivity contribution in [2.45, 2.75) is 6.54 Å². The first-order valence-corrected chi connectivity index (χ1v) is 6.37. The standard InChI is InChI=1S/C12H11BrN4O3/c13-7-3-1-2-4-9(7)15-10(18)6-17-5-8(14)11(16-17)12(19)20/h1-5H,6,14H2,(H,15,18)(H,19,20). The number of anilines is 2. The second-order valence-corrected chi connectivity index (χ2v) is 4.82. The molecule has 0 unspecified atom stereocenters. The molecule has 0 atom stereocenters. The van der Waals surface area contributed by atoms with E-state index < -0.39 is 5.97 Å². The average molecular weight is 339 g/mol. The molecule has 0 aliphatic carbocycles. The van der Waals surface area contributed by atoms with Crippen LogP contribution in [0, 0.1) is 0 Å². The molecule has 0 radical (unpaired) electrons. The van der Waals surface area contributed by atoms with Gasteiger partial charge in [0.05, 0.1) is 11.4 Å². The molecule has 1 amide bonds. The van der Waals surface area contributed by atoms with Gasteiger partial charge in [-0.3, -0.25) is 9.48 Å². The highest BCUT2D eigenvalue weighted by Gasteiger charge is 2.15. The van der Waals surface area contributed by atoms with Crippen molar-refractivity contribution in [3.8, 4) is 0 Å². The molecule has 2 rings (SSSR count). The molecular weight excluding hydrogens is 328 g/mol. The Morgan fingerprint density at radius 2 is 2.10 bits per heavy atom. The van der Waals surface area contributed by atoms with Crippen molar-refractivity contribution in [2.24, 2.45) is 0 Å². The van der Waals surface area contributed by atoms with E-state index in [9.17, 15) is 9.59 Å². The lowest BCUT2D eigenvalue weighted by Crippen LogP contribution is -2.19. The molecule has 104 valence electrons. The lowest BCUT2D eigenvalue weighted by atomic mass is 10.3. The van der Waals surface area contributed by atoms with E-state index in [1.54, 1.807) is 18.2 Å². The third kappa shape index (κ3) is 3.15. The Kier molecular flexibility index (Phi) is 4.04. The zero-order valence-corrected chi connectivity index (χ0v) is 11.8. The number of halogens is 1. The zero-order valence-electron chi connectivity index (χ0n) is 10.2. The van der Waals surface area contributed by atoms with Crippen molar-refractivity contribution >= 4 is 39.2 Å². The van der Waals surface area contributed by atoms with Crippen LogP contribution in [0.1, 0.15) is 10.5 Å². The van der Waals surface area contributed by atoms with Gasteiger partial charge >= 0.3 is 5.97 Å². The number of nitrogens with zero attached hydrogens (tertiary/aromatic N) is 2. The number of carbonyl (C=O) groups excluding carboxylic acids is 1.